The number of hydrogen-bond donors (Lipinski definition) is 1. The fourth-order valence-electron chi connectivity index (χ4n) is 5.18. The van der Waals surface area contributed by atoms with E-state index < -0.39 is 23.4 Å². The van der Waals surface area contributed by atoms with Gasteiger partial charge in [-0.3, -0.25) is 0 Å². The highest BCUT2D eigenvalue weighted by atomic mass is 32.2. The van der Waals surface area contributed by atoms with Gasteiger partial charge in [-0.15, -0.1) is 11.8 Å². The maximum Gasteiger partial charge on any atom is 0.338 e. The minimum atomic E-state index is -1.19. The molecule has 1 N–H and O–H groups in total. The molecule has 3 atom stereocenters. The molecule has 1 heterocycles. The summed E-state index contributed by atoms with van der Waals surface area (Å²) in [6.45, 7) is 1.58. The number of halogens is 3. The lowest BCUT2D eigenvalue weighted by Crippen LogP contribution is -2.33. The molecule has 2 saturated carbocycles. The zero-order valence-electron chi connectivity index (χ0n) is 16.8. The van der Waals surface area contributed by atoms with Gasteiger partial charge in [0.05, 0.1) is 10.6 Å². The maximum absolute atomic E-state index is 13.8. The average molecular weight is 438 g/mol. The van der Waals surface area contributed by atoms with Crippen LogP contribution in [0, 0.1) is 35.2 Å². The fourth-order valence-corrected chi connectivity index (χ4v) is 6.31. The second-order valence-electron chi connectivity index (χ2n) is 8.58. The van der Waals surface area contributed by atoms with Crippen molar-refractivity contribution in [3.8, 4) is 0 Å². The van der Waals surface area contributed by atoms with Crippen LogP contribution in [0.1, 0.15) is 37.7 Å². The fraction of sp³-hybridized carbons (Fsp3) is 0.522. The molecule has 0 radical (unpaired) electrons. The summed E-state index contributed by atoms with van der Waals surface area (Å²) in [5.74, 6) is -1.14. The topological polar surface area (TPSA) is 40.5 Å². The number of rotatable bonds is 8. The zero-order chi connectivity index (χ0) is 21.3. The quantitative estimate of drug-likeness (QED) is 0.438. The smallest absolute Gasteiger partial charge is 0.338 e. The summed E-state index contributed by atoms with van der Waals surface area (Å²) < 4.78 is 40.3. The summed E-state index contributed by atoms with van der Waals surface area (Å²) in [5.41, 5.74) is 0.442. The summed E-state index contributed by atoms with van der Waals surface area (Å²) in [7, 11) is 0. The van der Waals surface area contributed by atoms with Gasteiger partial charge in [0.1, 0.15) is 5.82 Å². The number of aliphatic carboxylic acids is 1. The van der Waals surface area contributed by atoms with Gasteiger partial charge >= 0.3 is 5.97 Å². The van der Waals surface area contributed by atoms with E-state index in [0.29, 0.717) is 36.3 Å². The Morgan fingerprint density at radius 1 is 1.13 bits per heavy atom. The number of carboxylic acid groups (broad SMARTS) is 1. The largest absolute Gasteiger partial charge is 0.478 e. The van der Waals surface area contributed by atoms with Gasteiger partial charge < -0.3 is 10.0 Å². The van der Waals surface area contributed by atoms with Crippen LogP contribution in [0.3, 0.4) is 0 Å². The Balaban J connectivity index is 1.39. The molecule has 7 heteroatoms. The zero-order valence-corrected chi connectivity index (χ0v) is 17.6. The van der Waals surface area contributed by atoms with Crippen LogP contribution in [0.2, 0.25) is 0 Å². The number of carboxylic acids is 1. The van der Waals surface area contributed by atoms with Gasteiger partial charge in [0.25, 0.3) is 0 Å². The van der Waals surface area contributed by atoms with Gasteiger partial charge in [0.15, 0.2) is 11.6 Å². The molecule has 30 heavy (non-hydrogen) atoms. The van der Waals surface area contributed by atoms with Crippen LogP contribution in [-0.2, 0) is 11.2 Å². The van der Waals surface area contributed by atoms with E-state index in [0.717, 1.165) is 29.5 Å². The van der Waals surface area contributed by atoms with Crippen LogP contribution in [-0.4, -0.2) is 34.8 Å². The minimum Gasteiger partial charge on any atom is -0.478 e. The second kappa shape index (κ2) is 9.08. The Morgan fingerprint density at radius 2 is 1.93 bits per heavy atom. The third-order valence-corrected chi connectivity index (χ3v) is 7.86. The van der Waals surface area contributed by atoms with E-state index in [9.17, 15) is 23.1 Å². The third-order valence-electron chi connectivity index (χ3n) is 6.62. The Labute approximate surface area is 179 Å². The van der Waals surface area contributed by atoms with E-state index in [2.05, 4.69) is 4.90 Å². The molecule has 3 aliphatic rings. The molecule has 162 valence electrons. The summed E-state index contributed by atoms with van der Waals surface area (Å²) in [6, 6.07) is 1.48. The molecule has 4 rings (SSSR count). The van der Waals surface area contributed by atoms with E-state index in [4.69, 9.17) is 0 Å². The molecule has 1 aromatic rings. The number of nitrogens with zero attached hydrogens (tertiary/aromatic N) is 1. The second-order valence-corrected chi connectivity index (χ2v) is 9.66. The highest BCUT2D eigenvalue weighted by molar-refractivity contribution is 8.03. The lowest BCUT2D eigenvalue weighted by molar-refractivity contribution is -0.132. The first-order valence-electron chi connectivity index (χ1n) is 10.6. The first-order valence-corrected chi connectivity index (χ1v) is 11.6. The molecule has 0 saturated heterocycles. The predicted octanol–water partition coefficient (Wildman–Crippen LogP) is 5.37. The minimum absolute atomic E-state index is 0.143. The summed E-state index contributed by atoms with van der Waals surface area (Å²) in [5, 5.41) is 10.4. The van der Waals surface area contributed by atoms with E-state index >= 15 is 0 Å². The third kappa shape index (κ3) is 4.56. The first-order chi connectivity index (χ1) is 14.4. The van der Waals surface area contributed by atoms with Gasteiger partial charge in [0, 0.05) is 19.2 Å². The van der Waals surface area contributed by atoms with Crippen LogP contribution in [0.4, 0.5) is 13.2 Å². The van der Waals surface area contributed by atoms with Crippen molar-refractivity contribution < 1.29 is 23.1 Å². The van der Waals surface area contributed by atoms with Gasteiger partial charge in [-0.1, -0.05) is 12.5 Å². The van der Waals surface area contributed by atoms with Gasteiger partial charge in [-0.25, -0.2) is 18.0 Å². The molecular weight excluding hydrogens is 411 g/mol. The van der Waals surface area contributed by atoms with Crippen LogP contribution < -0.4 is 0 Å². The molecule has 2 aliphatic carbocycles. The van der Waals surface area contributed by atoms with Crippen LogP contribution in [0.25, 0.3) is 0 Å². The normalized spacial score (nSPS) is 25.4. The lowest BCUT2D eigenvalue weighted by Gasteiger charge is -2.34. The molecule has 2 fully saturated rings. The van der Waals surface area contributed by atoms with Crippen molar-refractivity contribution in [1.82, 2.24) is 4.90 Å². The van der Waals surface area contributed by atoms with Crippen molar-refractivity contribution >= 4 is 17.7 Å². The van der Waals surface area contributed by atoms with Gasteiger partial charge in [-0.2, -0.15) is 0 Å². The van der Waals surface area contributed by atoms with E-state index in [1.807, 2.05) is 6.08 Å². The molecular formula is C23H26F3NO2S. The van der Waals surface area contributed by atoms with Crippen molar-refractivity contribution in [2.45, 2.75) is 38.5 Å². The Kier molecular flexibility index (Phi) is 6.46. The number of benzene rings is 1. The maximum atomic E-state index is 13.8. The lowest BCUT2D eigenvalue weighted by atomic mass is 9.88. The van der Waals surface area contributed by atoms with Crippen molar-refractivity contribution in [2.24, 2.45) is 17.8 Å². The number of carbonyl (C=O) groups is 1. The van der Waals surface area contributed by atoms with E-state index in [-0.39, 0.29) is 12.0 Å². The average Bonchev–Trinajstić information content (AvgIpc) is 3.32. The molecule has 2 bridgehead atoms. The summed E-state index contributed by atoms with van der Waals surface area (Å²) in [4.78, 5) is 13.9. The highest BCUT2D eigenvalue weighted by Crippen LogP contribution is 2.49. The first kappa shape index (κ1) is 21.3. The van der Waals surface area contributed by atoms with E-state index in [1.165, 1.54) is 37.4 Å². The molecule has 0 spiro atoms. The van der Waals surface area contributed by atoms with Crippen molar-refractivity contribution in [3.63, 3.8) is 0 Å². The predicted molar refractivity (Wildman–Crippen MR) is 111 cm³/mol. The summed E-state index contributed by atoms with van der Waals surface area (Å²) in [6.07, 6.45) is 9.54. The number of fused-ring (bicyclic) bond motifs is 2. The molecule has 3 unspecified atom stereocenters. The van der Waals surface area contributed by atoms with Crippen LogP contribution in [0.5, 0.6) is 0 Å². The van der Waals surface area contributed by atoms with E-state index in [1.54, 1.807) is 6.08 Å². The Hall–Kier alpha value is -1.89. The van der Waals surface area contributed by atoms with Crippen molar-refractivity contribution in [3.05, 3.63) is 57.9 Å². The number of aryl methyl sites for hydroxylation is 1. The SMILES string of the molecule is O=C(O)C1=C(SCCCc2cc(F)c(F)cc2F)N(CC2CC3CCC2C3)CC=C1. The number of thioether (sulfide) groups is 1. The molecule has 0 amide bonds. The molecule has 3 nitrogen and oxygen atoms in total. The Morgan fingerprint density at radius 3 is 2.63 bits per heavy atom. The standard InChI is InChI=1S/C23H26F3NO2S/c24-19-12-21(26)20(25)11-16(19)3-2-8-30-22-18(23(28)29)4-1-7-27(22)13-17-10-14-5-6-15(17)9-14/h1,4,11-12,14-15,17H,2-3,5-10,13H2,(H,28,29). The molecule has 1 aliphatic heterocycles. The molecule has 0 aromatic heterocycles. The monoisotopic (exact) mass is 437 g/mol. The van der Waals surface area contributed by atoms with Gasteiger partial charge in [-0.05, 0) is 73.3 Å². The highest BCUT2D eigenvalue weighted by Gasteiger charge is 2.40. The molecule has 1 aromatic carbocycles. The van der Waals surface area contributed by atoms with Gasteiger partial charge in [0.2, 0.25) is 0 Å². The summed E-state index contributed by atoms with van der Waals surface area (Å²) >= 11 is 1.46. The Bertz CT molecular complexity index is 885. The van der Waals surface area contributed by atoms with Crippen LogP contribution in [0.15, 0.2) is 34.9 Å². The van der Waals surface area contributed by atoms with Crippen LogP contribution >= 0.6 is 11.8 Å². The van der Waals surface area contributed by atoms with Crippen molar-refractivity contribution in [2.75, 3.05) is 18.8 Å². The number of hydrogen-bond acceptors (Lipinski definition) is 3. The van der Waals surface area contributed by atoms with Crippen molar-refractivity contribution in [1.29, 1.82) is 0 Å².